The van der Waals surface area contributed by atoms with Crippen molar-refractivity contribution in [2.24, 2.45) is 11.1 Å². The van der Waals surface area contributed by atoms with Crippen molar-refractivity contribution < 1.29 is 4.79 Å². The van der Waals surface area contributed by atoms with E-state index in [1.54, 1.807) is 0 Å². The second kappa shape index (κ2) is 5.64. The monoisotopic (exact) mass is 227 g/mol. The highest BCUT2D eigenvalue weighted by Crippen LogP contribution is 2.40. The number of carbonyl (C=O) groups is 1. The Kier molecular flexibility index (Phi) is 4.74. The molecule has 0 aromatic heterocycles. The summed E-state index contributed by atoms with van der Waals surface area (Å²) in [5, 5.41) is 3.08. The molecule has 1 aliphatic carbocycles. The fourth-order valence-electron chi connectivity index (χ4n) is 2.03. The maximum atomic E-state index is 12.0. The number of rotatable bonds is 6. The van der Waals surface area contributed by atoms with Crippen LogP contribution in [0.15, 0.2) is 0 Å². The molecule has 0 bridgehead atoms. The van der Waals surface area contributed by atoms with Gasteiger partial charge in [0, 0.05) is 12.6 Å². The SMILES string of the molecule is CC(CCN(C)C)NC(=O)C1(CN)CCC1. The minimum absolute atomic E-state index is 0.160. The second-order valence-corrected chi connectivity index (χ2v) is 5.30. The standard InChI is InChI=1S/C12H25N3O/c1-10(5-8-15(2)3)14-11(16)12(9-13)6-4-7-12/h10H,4-9,13H2,1-3H3,(H,14,16). The molecule has 0 radical (unpaired) electrons. The van der Waals surface area contributed by atoms with Crippen LogP contribution >= 0.6 is 0 Å². The lowest BCUT2D eigenvalue weighted by Gasteiger charge is -2.39. The Hall–Kier alpha value is -0.610. The van der Waals surface area contributed by atoms with Crippen molar-refractivity contribution in [2.45, 2.75) is 38.6 Å². The molecule has 4 heteroatoms. The molecular formula is C12H25N3O. The first kappa shape index (κ1) is 13.5. The largest absolute Gasteiger partial charge is 0.353 e. The fraction of sp³-hybridized carbons (Fsp3) is 0.917. The number of nitrogens with zero attached hydrogens (tertiary/aromatic N) is 1. The summed E-state index contributed by atoms with van der Waals surface area (Å²) in [5.74, 6) is 0.160. The van der Waals surface area contributed by atoms with Crippen molar-refractivity contribution >= 4 is 5.91 Å². The number of nitrogens with two attached hydrogens (primary N) is 1. The molecule has 0 saturated heterocycles. The molecule has 0 spiro atoms. The van der Waals surface area contributed by atoms with Crippen LogP contribution in [0.2, 0.25) is 0 Å². The first-order chi connectivity index (χ1) is 7.50. The summed E-state index contributed by atoms with van der Waals surface area (Å²) >= 11 is 0. The first-order valence-corrected chi connectivity index (χ1v) is 6.16. The molecule has 1 rings (SSSR count). The Labute approximate surface area is 98.6 Å². The minimum atomic E-state index is -0.244. The molecule has 0 aliphatic heterocycles. The Morgan fingerprint density at radius 2 is 2.12 bits per heavy atom. The predicted molar refractivity (Wildman–Crippen MR) is 66.1 cm³/mol. The van der Waals surface area contributed by atoms with Crippen LogP contribution in [-0.4, -0.2) is 44.0 Å². The van der Waals surface area contributed by atoms with E-state index in [4.69, 9.17) is 5.73 Å². The van der Waals surface area contributed by atoms with Crippen LogP contribution in [-0.2, 0) is 4.79 Å². The summed E-state index contributed by atoms with van der Waals surface area (Å²) in [6.07, 6.45) is 4.03. The summed E-state index contributed by atoms with van der Waals surface area (Å²) < 4.78 is 0. The van der Waals surface area contributed by atoms with Crippen molar-refractivity contribution in [2.75, 3.05) is 27.2 Å². The number of hydrogen-bond donors (Lipinski definition) is 2. The topological polar surface area (TPSA) is 58.4 Å². The van der Waals surface area contributed by atoms with E-state index in [1.165, 1.54) is 0 Å². The normalized spacial score (nSPS) is 20.3. The second-order valence-electron chi connectivity index (χ2n) is 5.30. The van der Waals surface area contributed by atoms with Crippen molar-refractivity contribution in [3.8, 4) is 0 Å². The fourth-order valence-corrected chi connectivity index (χ4v) is 2.03. The number of amides is 1. The van der Waals surface area contributed by atoms with E-state index in [-0.39, 0.29) is 17.4 Å². The average Bonchev–Trinajstić information content (AvgIpc) is 2.13. The van der Waals surface area contributed by atoms with Crippen LogP contribution in [0.1, 0.15) is 32.6 Å². The third-order valence-electron chi connectivity index (χ3n) is 3.57. The van der Waals surface area contributed by atoms with Gasteiger partial charge >= 0.3 is 0 Å². The summed E-state index contributed by atoms with van der Waals surface area (Å²) in [6, 6.07) is 0.235. The van der Waals surface area contributed by atoms with Crippen LogP contribution in [0.5, 0.6) is 0 Å². The lowest BCUT2D eigenvalue weighted by atomic mass is 9.68. The molecule has 1 atom stereocenters. The maximum Gasteiger partial charge on any atom is 0.227 e. The molecule has 4 nitrogen and oxygen atoms in total. The van der Waals surface area contributed by atoms with Crippen molar-refractivity contribution in [1.29, 1.82) is 0 Å². The molecule has 3 N–H and O–H groups in total. The Balaban J connectivity index is 2.33. The van der Waals surface area contributed by atoms with Gasteiger partial charge in [-0.25, -0.2) is 0 Å². The smallest absolute Gasteiger partial charge is 0.227 e. The zero-order chi connectivity index (χ0) is 12.2. The molecule has 1 aliphatic rings. The van der Waals surface area contributed by atoms with Gasteiger partial charge in [0.2, 0.25) is 5.91 Å². The first-order valence-electron chi connectivity index (χ1n) is 6.16. The molecule has 0 heterocycles. The number of nitrogens with one attached hydrogen (secondary N) is 1. The zero-order valence-corrected chi connectivity index (χ0v) is 10.8. The van der Waals surface area contributed by atoms with E-state index in [0.717, 1.165) is 32.2 Å². The Morgan fingerprint density at radius 3 is 2.50 bits per heavy atom. The van der Waals surface area contributed by atoms with E-state index in [1.807, 2.05) is 14.1 Å². The predicted octanol–water partition coefficient (Wildman–Crippen LogP) is 0.572. The summed E-state index contributed by atoms with van der Waals surface area (Å²) in [7, 11) is 4.09. The third-order valence-corrected chi connectivity index (χ3v) is 3.57. The molecule has 1 fully saturated rings. The zero-order valence-electron chi connectivity index (χ0n) is 10.8. The average molecular weight is 227 g/mol. The highest BCUT2D eigenvalue weighted by Gasteiger charge is 2.42. The van der Waals surface area contributed by atoms with Crippen LogP contribution in [0, 0.1) is 5.41 Å². The van der Waals surface area contributed by atoms with Gasteiger partial charge in [-0.2, -0.15) is 0 Å². The van der Waals surface area contributed by atoms with Crippen molar-refractivity contribution in [1.82, 2.24) is 10.2 Å². The van der Waals surface area contributed by atoms with Crippen molar-refractivity contribution in [3.05, 3.63) is 0 Å². The Bertz CT molecular complexity index is 231. The lowest BCUT2D eigenvalue weighted by Crippen LogP contribution is -2.52. The minimum Gasteiger partial charge on any atom is -0.353 e. The van der Waals surface area contributed by atoms with Gasteiger partial charge in [-0.15, -0.1) is 0 Å². The number of hydrogen-bond acceptors (Lipinski definition) is 3. The van der Waals surface area contributed by atoms with E-state index in [9.17, 15) is 4.79 Å². The van der Waals surface area contributed by atoms with Gasteiger partial charge in [-0.05, 0) is 46.8 Å². The van der Waals surface area contributed by atoms with E-state index in [2.05, 4.69) is 17.1 Å². The van der Waals surface area contributed by atoms with Gasteiger partial charge in [0.1, 0.15) is 0 Å². The summed E-state index contributed by atoms with van der Waals surface area (Å²) in [6.45, 7) is 3.54. The molecule has 1 saturated carbocycles. The molecule has 94 valence electrons. The van der Waals surface area contributed by atoms with Gasteiger partial charge < -0.3 is 16.0 Å². The molecule has 1 amide bonds. The van der Waals surface area contributed by atoms with Crippen molar-refractivity contribution in [3.63, 3.8) is 0 Å². The quantitative estimate of drug-likeness (QED) is 0.697. The van der Waals surface area contributed by atoms with Gasteiger partial charge in [0.15, 0.2) is 0 Å². The maximum absolute atomic E-state index is 12.0. The van der Waals surface area contributed by atoms with Crippen LogP contribution in [0.4, 0.5) is 0 Å². The highest BCUT2D eigenvalue weighted by molar-refractivity contribution is 5.84. The third kappa shape index (κ3) is 3.19. The molecule has 1 unspecified atom stereocenters. The van der Waals surface area contributed by atoms with Gasteiger partial charge in [0.05, 0.1) is 5.41 Å². The van der Waals surface area contributed by atoms with E-state index in [0.29, 0.717) is 6.54 Å². The van der Waals surface area contributed by atoms with Crippen LogP contribution in [0.25, 0.3) is 0 Å². The van der Waals surface area contributed by atoms with E-state index < -0.39 is 0 Å². The number of carbonyl (C=O) groups excluding carboxylic acids is 1. The highest BCUT2D eigenvalue weighted by atomic mass is 16.2. The lowest BCUT2D eigenvalue weighted by molar-refractivity contribution is -0.135. The molecule has 0 aromatic carbocycles. The summed E-state index contributed by atoms with van der Waals surface area (Å²) in [5.41, 5.74) is 5.45. The summed E-state index contributed by atoms with van der Waals surface area (Å²) in [4.78, 5) is 14.2. The Morgan fingerprint density at radius 1 is 1.50 bits per heavy atom. The van der Waals surface area contributed by atoms with Gasteiger partial charge in [-0.3, -0.25) is 4.79 Å². The van der Waals surface area contributed by atoms with Crippen LogP contribution < -0.4 is 11.1 Å². The van der Waals surface area contributed by atoms with E-state index >= 15 is 0 Å². The molecule has 16 heavy (non-hydrogen) atoms. The van der Waals surface area contributed by atoms with Gasteiger partial charge in [-0.1, -0.05) is 6.42 Å². The molecule has 0 aromatic rings. The van der Waals surface area contributed by atoms with Gasteiger partial charge in [0.25, 0.3) is 0 Å². The molecular weight excluding hydrogens is 202 g/mol. The van der Waals surface area contributed by atoms with Crippen LogP contribution in [0.3, 0.4) is 0 Å².